The third-order valence-corrected chi connectivity index (χ3v) is 3.53. The van der Waals surface area contributed by atoms with E-state index >= 15 is 0 Å². The Kier molecular flexibility index (Phi) is 10.9. The van der Waals surface area contributed by atoms with Crippen LogP contribution in [-0.2, 0) is 22.4 Å². The highest BCUT2D eigenvalue weighted by molar-refractivity contribution is 4.94. The molecule has 0 radical (unpaired) electrons. The van der Waals surface area contributed by atoms with Gasteiger partial charge >= 0.3 is 0 Å². The van der Waals surface area contributed by atoms with Crippen LogP contribution in [0.4, 0.5) is 0 Å². The molecule has 0 bridgehead atoms. The summed E-state index contributed by atoms with van der Waals surface area (Å²) in [5.74, 6) is 0. The molecule has 1 aromatic heterocycles. The minimum absolute atomic E-state index is 0.314. The maximum atomic E-state index is 5.62. The summed E-state index contributed by atoms with van der Waals surface area (Å²) in [6.07, 6.45) is 2.76. The quantitative estimate of drug-likeness (QED) is 0.493. The van der Waals surface area contributed by atoms with E-state index in [1.54, 1.807) is 0 Å². The van der Waals surface area contributed by atoms with Gasteiger partial charge in [0, 0.05) is 32.1 Å². The Morgan fingerprint density at radius 1 is 1.08 bits per heavy atom. The summed E-state index contributed by atoms with van der Waals surface area (Å²) >= 11 is 0. The van der Waals surface area contributed by atoms with Crippen LogP contribution in [0.1, 0.15) is 40.3 Å². The van der Waals surface area contributed by atoms with Crippen LogP contribution >= 0.6 is 0 Å². The average molecular weight is 356 g/mol. The van der Waals surface area contributed by atoms with Gasteiger partial charge in [-0.1, -0.05) is 39.8 Å². The van der Waals surface area contributed by atoms with E-state index in [-0.39, 0.29) is 0 Å². The van der Waals surface area contributed by atoms with Gasteiger partial charge in [-0.05, 0) is 5.41 Å². The van der Waals surface area contributed by atoms with E-state index in [1.807, 2.05) is 10.9 Å². The van der Waals surface area contributed by atoms with Gasteiger partial charge in [0.05, 0.1) is 44.9 Å². The highest BCUT2D eigenvalue weighted by atomic mass is 16.5. The molecule has 0 atom stereocenters. The lowest BCUT2D eigenvalue weighted by Crippen LogP contribution is -2.29. The second-order valence-corrected chi connectivity index (χ2v) is 7.77. The van der Waals surface area contributed by atoms with E-state index in [0.717, 1.165) is 44.9 Å². The molecule has 0 aliphatic rings. The minimum atomic E-state index is 0.314. The van der Waals surface area contributed by atoms with Gasteiger partial charge in [-0.15, -0.1) is 5.10 Å². The number of ether oxygens (including phenoxy) is 2. The van der Waals surface area contributed by atoms with Crippen LogP contribution in [0.2, 0.25) is 0 Å². The molecule has 7 nitrogen and oxygen atoms in total. The molecular weight excluding hydrogens is 318 g/mol. The van der Waals surface area contributed by atoms with Crippen molar-refractivity contribution in [3.8, 4) is 0 Å². The molecule has 1 heterocycles. The second kappa shape index (κ2) is 12.4. The number of rotatable bonds is 14. The van der Waals surface area contributed by atoms with Crippen LogP contribution in [0.25, 0.3) is 0 Å². The lowest BCUT2D eigenvalue weighted by molar-refractivity contribution is 0.0443. The molecule has 0 aliphatic heterocycles. The van der Waals surface area contributed by atoms with Crippen LogP contribution in [0, 0.1) is 5.41 Å². The maximum absolute atomic E-state index is 5.62. The van der Waals surface area contributed by atoms with Crippen LogP contribution in [0.15, 0.2) is 6.20 Å². The van der Waals surface area contributed by atoms with Crippen LogP contribution in [0.5, 0.6) is 0 Å². The Balaban J connectivity index is 1.99. The molecular formula is C18H37N5O2. The standard InChI is InChI=1S/C18H37N5O2/c1-16(2)20-7-6-17-14-21-22-23(17)9-11-25-13-12-24-10-8-19-15-18(3,4)5/h14,16,19-20H,6-13,15H2,1-5H3. The summed E-state index contributed by atoms with van der Waals surface area (Å²) in [6, 6.07) is 0.497. The molecule has 0 unspecified atom stereocenters. The molecule has 0 spiro atoms. The van der Waals surface area contributed by atoms with E-state index in [2.05, 4.69) is 55.6 Å². The maximum Gasteiger partial charge on any atom is 0.0725 e. The second-order valence-electron chi connectivity index (χ2n) is 7.77. The molecule has 2 N–H and O–H groups in total. The summed E-state index contributed by atoms with van der Waals surface area (Å²) in [5, 5.41) is 14.9. The van der Waals surface area contributed by atoms with Gasteiger partial charge in [-0.3, -0.25) is 0 Å². The first-order valence-corrected chi connectivity index (χ1v) is 9.35. The molecule has 25 heavy (non-hydrogen) atoms. The van der Waals surface area contributed by atoms with E-state index < -0.39 is 0 Å². The van der Waals surface area contributed by atoms with Crippen molar-refractivity contribution in [1.29, 1.82) is 0 Å². The molecule has 1 rings (SSSR count). The van der Waals surface area contributed by atoms with Crippen LogP contribution in [-0.4, -0.2) is 67.1 Å². The molecule has 1 aromatic rings. The largest absolute Gasteiger partial charge is 0.378 e. The van der Waals surface area contributed by atoms with Crippen molar-refractivity contribution >= 4 is 0 Å². The topological polar surface area (TPSA) is 73.2 Å². The van der Waals surface area contributed by atoms with Crippen molar-refractivity contribution in [1.82, 2.24) is 25.6 Å². The summed E-state index contributed by atoms with van der Waals surface area (Å²) in [5.41, 5.74) is 1.45. The smallest absolute Gasteiger partial charge is 0.0725 e. The fourth-order valence-electron chi connectivity index (χ4n) is 2.23. The lowest BCUT2D eigenvalue weighted by Gasteiger charge is -2.18. The Labute approximate surface area is 152 Å². The Morgan fingerprint density at radius 2 is 1.80 bits per heavy atom. The van der Waals surface area contributed by atoms with E-state index in [9.17, 15) is 0 Å². The normalized spacial score (nSPS) is 12.2. The molecule has 146 valence electrons. The first-order valence-electron chi connectivity index (χ1n) is 9.35. The van der Waals surface area contributed by atoms with E-state index in [4.69, 9.17) is 9.47 Å². The highest BCUT2D eigenvalue weighted by Gasteiger charge is 2.08. The SMILES string of the molecule is CC(C)NCCc1cnnn1CCOCCOCCNCC(C)(C)C. The highest BCUT2D eigenvalue weighted by Crippen LogP contribution is 2.09. The van der Waals surface area contributed by atoms with Crippen molar-refractivity contribution in [2.24, 2.45) is 5.41 Å². The third kappa shape index (κ3) is 12.0. The summed E-state index contributed by atoms with van der Waals surface area (Å²) < 4.78 is 13.1. The van der Waals surface area contributed by atoms with Crippen molar-refractivity contribution < 1.29 is 9.47 Å². The first kappa shape index (κ1) is 22.0. The summed E-state index contributed by atoms with van der Waals surface area (Å²) in [7, 11) is 0. The molecule has 0 fully saturated rings. The number of hydrogen-bond acceptors (Lipinski definition) is 6. The van der Waals surface area contributed by atoms with Gasteiger partial charge < -0.3 is 20.1 Å². The van der Waals surface area contributed by atoms with Gasteiger partial charge in [-0.2, -0.15) is 0 Å². The number of hydrogen-bond donors (Lipinski definition) is 2. The lowest BCUT2D eigenvalue weighted by atomic mass is 9.97. The predicted octanol–water partition coefficient (Wildman–Crippen LogP) is 1.49. The first-order chi connectivity index (χ1) is 11.9. The Morgan fingerprint density at radius 3 is 2.48 bits per heavy atom. The zero-order valence-electron chi connectivity index (χ0n) is 16.7. The average Bonchev–Trinajstić information content (AvgIpc) is 2.95. The van der Waals surface area contributed by atoms with Crippen molar-refractivity contribution in [3.63, 3.8) is 0 Å². The Hall–Kier alpha value is -1.02. The van der Waals surface area contributed by atoms with Gasteiger partial charge in [0.1, 0.15) is 0 Å². The fraction of sp³-hybridized carbons (Fsp3) is 0.889. The number of aromatic nitrogens is 3. The predicted molar refractivity (Wildman–Crippen MR) is 101 cm³/mol. The van der Waals surface area contributed by atoms with Crippen LogP contribution < -0.4 is 10.6 Å². The van der Waals surface area contributed by atoms with Crippen molar-refractivity contribution in [2.45, 2.75) is 53.6 Å². The molecule has 0 saturated carbocycles. The van der Waals surface area contributed by atoms with E-state index in [1.165, 1.54) is 0 Å². The molecule has 0 saturated heterocycles. The summed E-state index contributed by atoms with van der Waals surface area (Å²) in [4.78, 5) is 0. The van der Waals surface area contributed by atoms with Gasteiger partial charge in [0.25, 0.3) is 0 Å². The van der Waals surface area contributed by atoms with Gasteiger partial charge in [-0.25, -0.2) is 4.68 Å². The zero-order chi connectivity index (χ0) is 18.5. The van der Waals surface area contributed by atoms with Crippen molar-refractivity contribution in [3.05, 3.63) is 11.9 Å². The van der Waals surface area contributed by atoms with Crippen LogP contribution in [0.3, 0.4) is 0 Å². The zero-order valence-corrected chi connectivity index (χ0v) is 16.7. The fourth-order valence-corrected chi connectivity index (χ4v) is 2.23. The monoisotopic (exact) mass is 355 g/mol. The van der Waals surface area contributed by atoms with Gasteiger partial charge in [0.15, 0.2) is 0 Å². The molecule has 0 amide bonds. The minimum Gasteiger partial charge on any atom is -0.378 e. The molecule has 0 aromatic carbocycles. The van der Waals surface area contributed by atoms with Gasteiger partial charge in [0.2, 0.25) is 0 Å². The molecule has 0 aliphatic carbocycles. The number of nitrogens with one attached hydrogen (secondary N) is 2. The Bertz CT molecular complexity index is 443. The molecule has 7 heteroatoms. The summed E-state index contributed by atoms with van der Waals surface area (Å²) in [6.45, 7) is 17.1. The van der Waals surface area contributed by atoms with Crippen molar-refractivity contribution in [2.75, 3.05) is 46.1 Å². The van der Waals surface area contributed by atoms with E-state index in [0.29, 0.717) is 31.3 Å². The third-order valence-electron chi connectivity index (χ3n) is 3.53. The number of nitrogens with zero attached hydrogens (tertiary/aromatic N) is 3.